The largest absolute Gasteiger partial charge is 0.494 e. The summed E-state index contributed by atoms with van der Waals surface area (Å²) in [6.07, 6.45) is 0. The van der Waals surface area contributed by atoms with Gasteiger partial charge in [-0.15, -0.1) is 0 Å². The Morgan fingerprint density at radius 3 is 0.711 bits per heavy atom. The molecule has 0 amide bonds. The lowest BCUT2D eigenvalue weighted by Crippen LogP contribution is -2.17. The fourth-order valence-corrected chi connectivity index (χ4v) is 8.00. The van der Waals surface area contributed by atoms with Gasteiger partial charge in [0.05, 0.1) is 28.4 Å². The Bertz CT molecular complexity index is 1510. The molecule has 2 rings (SSSR count). The van der Waals surface area contributed by atoms with E-state index in [1.54, 1.807) is 0 Å². The standard InChI is InChI=1S/C16H16Cl2O16S4/c1-31-9-7(17)10(32-2)14(36(22,23)24)5(13(9)35(19,20)21)6-15(37(25,26)27)11(33-3)8(18)12(34-4)16(6)38(28,29)30/h1-4H3,(H,19,20,21)(H,22,23,24)(H,25,26,27)(H,28,29,30). The zero-order valence-corrected chi connectivity index (χ0v) is 23.9. The fraction of sp³-hybridized carbons (Fsp3) is 0.250. The highest BCUT2D eigenvalue weighted by Gasteiger charge is 2.44. The van der Waals surface area contributed by atoms with Crippen LogP contribution < -0.4 is 18.9 Å². The lowest BCUT2D eigenvalue weighted by molar-refractivity contribution is 0.370. The molecule has 0 spiro atoms. The van der Waals surface area contributed by atoms with E-state index in [1.165, 1.54) is 0 Å². The smallest absolute Gasteiger partial charge is 0.298 e. The van der Waals surface area contributed by atoms with Crippen molar-refractivity contribution in [1.82, 2.24) is 0 Å². The van der Waals surface area contributed by atoms with Gasteiger partial charge < -0.3 is 18.9 Å². The summed E-state index contributed by atoms with van der Waals surface area (Å²) in [5.41, 5.74) is -3.47. The van der Waals surface area contributed by atoms with Gasteiger partial charge in [0.25, 0.3) is 40.5 Å². The Balaban J connectivity index is 3.87. The molecule has 0 aliphatic rings. The number of rotatable bonds is 9. The van der Waals surface area contributed by atoms with Crippen LogP contribution in [0.15, 0.2) is 19.6 Å². The van der Waals surface area contributed by atoms with E-state index in [4.69, 9.17) is 42.1 Å². The number of hydrogen-bond donors (Lipinski definition) is 4. The molecule has 0 saturated carbocycles. The van der Waals surface area contributed by atoms with Gasteiger partial charge in [0, 0.05) is 11.1 Å². The summed E-state index contributed by atoms with van der Waals surface area (Å²) >= 11 is 12.0. The summed E-state index contributed by atoms with van der Waals surface area (Å²) in [5, 5.41) is -2.07. The van der Waals surface area contributed by atoms with Crippen LogP contribution in [0.25, 0.3) is 11.1 Å². The normalized spacial score (nSPS) is 12.8. The van der Waals surface area contributed by atoms with Gasteiger partial charge in [-0.05, 0) is 0 Å². The summed E-state index contributed by atoms with van der Waals surface area (Å²) in [6, 6.07) is 0. The molecule has 22 heteroatoms. The molecule has 214 valence electrons. The van der Waals surface area contributed by atoms with Gasteiger partial charge in [-0.1, -0.05) is 23.2 Å². The number of benzene rings is 2. The molecule has 0 saturated heterocycles. The third-order valence-electron chi connectivity index (χ3n) is 4.63. The van der Waals surface area contributed by atoms with E-state index in [-0.39, 0.29) is 0 Å². The second-order valence-electron chi connectivity index (χ2n) is 6.73. The predicted molar refractivity (Wildman–Crippen MR) is 127 cm³/mol. The zero-order valence-electron chi connectivity index (χ0n) is 19.1. The molecule has 0 bridgehead atoms. The quantitative estimate of drug-likeness (QED) is 0.278. The summed E-state index contributed by atoms with van der Waals surface area (Å²) in [5.74, 6) is -4.65. The van der Waals surface area contributed by atoms with Crippen molar-refractivity contribution >= 4 is 63.7 Å². The number of hydrogen-bond acceptors (Lipinski definition) is 12. The Kier molecular flexibility index (Phi) is 8.82. The molecule has 0 radical (unpaired) electrons. The summed E-state index contributed by atoms with van der Waals surface area (Å²) in [7, 11) is -20.4. The third kappa shape index (κ3) is 5.46. The first-order valence-electron chi connectivity index (χ1n) is 8.96. The maximum absolute atomic E-state index is 12.5. The van der Waals surface area contributed by atoms with Crippen molar-refractivity contribution in [2.24, 2.45) is 0 Å². The molecule has 0 fully saturated rings. The van der Waals surface area contributed by atoms with Crippen LogP contribution in [0.5, 0.6) is 23.0 Å². The Morgan fingerprint density at radius 2 is 0.605 bits per heavy atom. The van der Waals surface area contributed by atoms with E-state index in [2.05, 4.69) is 0 Å². The molecular weight excluding hydrogens is 647 g/mol. The van der Waals surface area contributed by atoms with Gasteiger partial charge >= 0.3 is 0 Å². The zero-order chi connectivity index (χ0) is 29.8. The van der Waals surface area contributed by atoms with Crippen molar-refractivity contribution < 1.29 is 70.8 Å². The van der Waals surface area contributed by atoms with E-state index in [0.717, 1.165) is 28.4 Å². The molecule has 0 aliphatic heterocycles. The first-order chi connectivity index (χ1) is 17.1. The molecule has 38 heavy (non-hydrogen) atoms. The minimum atomic E-state index is -5.84. The molecule has 4 N–H and O–H groups in total. The van der Waals surface area contributed by atoms with Gasteiger partial charge in [0.15, 0.2) is 23.0 Å². The molecule has 2 aromatic carbocycles. The second-order valence-corrected chi connectivity index (χ2v) is 12.9. The number of ether oxygens (including phenoxy) is 4. The fourth-order valence-electron chi connectivity index (χ4n) is 3.43. The number of methoxy groups -OCH3 is 4. The van der Waals surface area contributed by atoms with Gasteiger partial charge in [0.2, 0.25) is 0 Å². The van der Waals surface area contributed by atoms with Gasteiger partial charge in [-0.25, -0.2) is 0 Å². The Labute approximate surface area is 226 Å². The molecule has 0 aliphatic carbocycles. The maximum atomic E-state index is 12.5. The predicted octanol–water partition coefficient (Wildman–Crippen LogP) is 1.68. The molecule has 0 aromatic heterocycles. The summed E-state index contributed by atoms with van der Waals surface area (Å²) < 4.78 is 160. The summed E-state index contributed by atoms with van der Waals surface area (Å²) in [6.45, 7) is 0. The first-order valence-corrected chi connectivity index (χ1v) is 15.5. The minimum Gasteiger partial charge on any atom is -0.494 e. The molecular formula is C16H16Cl2O16S4. The van der Waals surface area contributed by atoms with Crippen LogP contribution in [0.2, 0.25) is 10.0 Å². The average Bonchev–Trinajstić information content (AvgIpc) is 2.74. The van der Waals surface area contributed by atoms with Crippen molar-refractivity contribution in [2.75, 3.05) is 28.4 Å². The van der Waals surface area contributed by atoms with Crippen molar-refractivity contribution in [3.05, 3.63) is 10.0 Å². The van der Waals surface area contributed by atoms with Crippen LogP contribution in [-0.2, 0) is 40.5 Å². The maximum Gasteiger partial charge on any atom is 0.298 e. The average molecular weight is 663 g/mol. The molecule has 0 atom stereocenters. The second kappa shape index (κ2) is 10.4. The van der Waals surface area contributed by atoms with E-state index < -0.39 is 104 Å². The van der Waals surface area contributed by atoms with Crippen molar-refractivity contribution in [2.45, 2.75) is 19.6 Å². The first kappa shape index (κ1) is 32.1. The van der Waals surface area contributed by atoms with E-state index in [9.17, 15) is 51.9 Å². The lowest BCUT2D eigenvalue weighted by Gasteiger charge is -2.24. The van der Waals surface area contributed by atoms with Crippen molar-refractivity contribution in [3.8, 4) is 34.1 Å². The molecule has 16 nitrogen and oxygen atoms in total. The van der Waals surface area contributed by atoms with Crippen molar-refractivity contribution in [1.29, 1.82) is 0 Å². The minimum absolute atomic E-state index is 0.739. The molecule has 2 aromatic rings. The van der Waals surface area contributed by atoms with Crippen LogP contribution in [0, 0.1) is 0 Å². The van der Waals surface area contributed by atoms with Crippen molar-refractivity contribution in [3.63, 3.8) is 0 Å². The van der Waals surface area contributed by atoms with Crippen LogP contribution in [0.3, 0.4) is 0 Å². The van der Waals surface area contributed by atoms with E-state index in [1.807, 2.05) is 0 Å². The van der Waals surface area contributed by atoms with Gasteiger partial charge in [0.1, 0.15) is 29.6 Å². The molecule has 0 unspecified atom stereocenters. The monoisotopic (exact) mass is 662 g/mol. The molecule has 0 heterocycles. The Morgan fingerprint density at radius 1 is 0.447 bits per heavy atom. The van der Waals surface area contributed by atoms with E-state index >= 15 is 0 Å². The highest BCUT2D eigenvalue weighted by Crippen LogP contribution is 2.57. The van der Waals surface area contributed by atoms with Crippen LogP contribution in [0.1, 0.15) is 0 Å². The van der Waals surface area contributed by atoms with Crippen LogP contribution in [-0.4, -0.2) is 80.3 Å². The SMILES string of the molecule is COc1c(Cl)c(OC)c(S(=O)(=O)O)c(-c2c(S(=O)(=O)O)c(OC)c(Cl)c(OC)c2S(=O)(=O)O)c1S(=O)(=O)O. The van der Waals surface area contributed by atoms with Gasteiger partial charge in [-0.2, -0.15) is 33.7 Å². The van der Waals surface area contributed by atoms with Crippen LogP contribution >= 0.6 is 23.2 Å². The topological polar surface area (TPSA) is 254 Å². The highest BCUT2D eigenvalue weighted by atomic mass is 35.5. The van der Waals surface area contributed by atoms with E-state index in [0.29, 0.717) is 0 Å². The Hall–Kier alpha value is -2.14. The highest BCUT2D eigenvalue weighted by molar-refractivity contribution is 7.88. The lowest BCUT2D eigenvalue weighted by atomic mass is 10.0. The third-order valence-corrected chi connectivity index (χ3v) is 8.94. The van der Waals surface area contributed by atoms with Gasteiger partial charge in [-0.3, -0.25) is 18.2 Å². The van der Waals surface area contributed by atoms with Crippen LogP contribution in [0.4, 0.5) is 0 Å². The summed E-state index contributed by atoms with van der Waals surface area (Å²) in [4.78, 5) is -7.06. The number of halogens is 2.